The molecule has 1 atom stereocenters. The maximum Gasteiger partial charge on any atom is 0.122 e. The van der Waals surface area contributed by atoms with E-state index >= 15 is 0 Å². The highest BCUT2D eigenvalue weighted by molar-refractivity contribution is 9.09. The van der Waals surface area contributed by atoms with Crippen LogP contribution in [0.1, 0.15) is 36.3 Å². The molecule has 1 aromatic carbocycles. The first-order valence-corrected chi connectivity index (χ1v) is 6.70. The van der Waals surface area contributed by atoms with Crippen molar-refractivity contribution in [3.8, 4) is 5.75 Å². The zero-order valence-electron chi connectivity index (χ0n) is 9.13. The molecule has 0 amide bonds. The van der Waals surface area contributed by atoms with Crippen molar-refractivity contribution < 1.29 is 4.74 Å². The molecule has 1 aliphatic rings. The van der Waals surface area contributed by atoms with E-state index in [-0.39, 0.29) is 0 Å². The Balaban J connectivity index is 2.35. The summed E-state index contributed by atoms with van der Waals surface area (Å²) in [5.74, 6) is 1.80. The predicted molar refractivity (Wildman–Crippen MR) is 67.1 cm³/mol. The van der Waals surface area contributed by atoms with Gasteiger partial charge in [0.1, 0.15) is 5.75 Å². The standard InChI is InChI=1S/C13H17BrO/c1-15-13-7-3-5-11-10(8-9-14)4-2-6-12(11)13/h3,5,7,10H,2,4,6,8-9H2,1H3/t10-/m0/s1. The van der Waals surface area contributed by atoms with Gasteiger partial charge in [-0.15, -0.1) is 0 Å². The van der Waals surface area contributed by atoms with Gasteiger partial charge in [-0.2, -0.15) is 0 Å². The van der Waals surface area contributed by atoms with E-state index in [4.69, 9.17) is 4.74 Å². The first-order chi connectivity index (χ1) is 7.36. The Morgan fingerprint density at radius 3 is 3.07 bits per heavy atom. The third kappa shape index (κ3) is 2.20. The van der Waals surface area contributed by atoms with Crippen LogP contribution in [0.2, 0.25) is 0 Å². The van der Waals surface area contributed by atoms with Crippen LogP contribution in [0.25, 0.3) is 0 Å². The summed E-state index contributed by atoms with van der Waals surface area (Å²) in [7, 11) is 1.77. The zero-order chi connectivity index (χ0) is 10.7. The summed E-state index contributed by atoms with van der Waals surface area (Å²) in [4.78, 5) is 0. The maximum atomic E-state index is 5.43. The highest BCUT2D eigenvalue weighted by Crippen LogP contribution is 2.38. The fourth-order valence-corrected chi connectivity index (χ4v) is 3.09. The Morgan fingerprint density at radius 2 is 2.33 bits per heavy atom. The van der Waals surface area contributed by atoms with Crippen LogP contribution in [-0.4, -0.2) is 12.4 Å². The van der Waals surface area contributed by atoms with Gasteiger partial charge < -0.3 is 4.74 Å². The lowest BCUT2D eigenvalue weighted by Crippen LogP contribution is -2.11. The van der Waals surface area contributed by atoms with E-state index in [0.29, 0.717) is 0 Å². The second-order valence-corrected chi connectivity index (χ2v) is 4.89. The van der Waals surface area contributed by atoms with Crippen molar-refractivity contribution >= 4 is 15.9 Å². The normalized spacial score (nSPS) is 19.7. The van der Waals surface area contributed by atoms with Crippen molar-refractivity contribution in [1.82, 2.24) is 0 Å². The van der Waals surface area contributed by atoms with Gasteiger partial charge in [-0.3, -0.25) is 0 Å². The third-order valence-corrected chi connectivity index (χ3v) is 3.72. The van der Waals surface area contributed by atoms with E-state index < -0.39 is 0 Å². The van der Waals surface area contributed by atoms with Gasteiger partial charge in [0.25, 0.3) is 0 Å². The summed E-state index contributed by atoms with van der Waals surface area (Å²) in [6.07, 6.45) is 5.04. The van der Waals surface area contributed by atoms with Crippen LogP contribution in [0, 0.1) is 0 Å². The van der Waals surface area contributed by atoms with E-state index in [1.165, 1.54) is 36.8 Å². The molecule has 0 saturated heterocycles. The molecule has 0 spiro atoms. The maximum absolute atomic E-state index is 5.43. The molecule has 0 fully saturated rings. The number of alkyl halides is 1. The molecule has 2 heteroatoms. The summed E-state index contributed by atoms with van der Waals surface area (Å²) in [6.45, 7) is 0. The lowest BCUT2D eigenvalue weighted by molar-refractivity contribution is 0.402. The molecule has 0 bridgehead atoms. The van der Waals surface area contributed by atoms with E-state index in [0.717, 1.165) is 17.0 Å². The third-order valence-electron chi connectivity index (χ3n) is 3.27. The summed E-state index contributed by atoms with van der Waals surface area (Å²) in [6, 6.07) is 6.46. The number of benzene rings is 1. The van der Waals surface area contributed by atoms with E-state index in [9.17, 15) is 0 Å². The Labute approximate surface area is 100.0 Å². The molecule has 0 radical (unpaired) electrons. The highest BCUT2D eigenvalue weighted by atomic mass is 79.9. The number of hydrogen-bond donors (Lipinski definition) is 0. The van der Waals surface area contributed by atoms with E-state index in [1.807, 2.05) is 0 Å². The lowest BCUT2D eigenvalue weighted by Gasteiger charge is -2.26. The van der Waals surface area contributed by atoms with Crippen molar-refractivity contribution in [2.24, 2.45) is 0 Å². The molecule has 1 aliphatic carbocycles. The van der Waals surface area contributed by atoms with Crippen molar-refractivity contribution in [1.29, 1.82) is 0 Å². The average molecular weight is 269 g/mol. The fourth-order valence-electron chi connectivity index (χ4n) is 2.54. The molecule has 2 rings (SSSR count). The highest BCUT2D eigenvalue weighted by Gasteiger charge is 2.21. The van der Waals surface area contributed by atoms with Crippen molar-refractivity contribution in [2.75, 3.05) is 12.4 Å². The van der Waals surface area contributed by atoms with Crippen LogP contribution in [0.4, 0.5) is 0 Å². The minimum atomic E-state index is 0.725. The van der Waals surface area contributed by atoms with Gasteiger partial charge in [-0.05, 0) is 48.8 Å². The van der Waals surface area contributed by atoms with Gasteiger partial charge in [-0.1, -0.05) is 28.1 Å². The molecule has 0 unspecified atom stereocenters. The smallest absolute Gasteiger partial charge is 0.122 e. The number of rotatable bonds is 3. The largest absolute Gasteiger partial charge is 0.496 e. The molecule has 0 aromatic heterocycles. The number of ether oxygens (including phenoxy) is 1. The Bertz CT molecular complexity index is 335. The van der Waals surface area contributed by atoms with Crippen molar-refractivity contribution in [3.63, 3.8) is 0 Å². The Kier molecular flexibility index (Phi) is 3.68. The molecular formula is C13H17BrO. The van der Waals surface area contributed by atoms with Crippen LogP contribution < -0.4 is 4.74 Å². The molecule has 0 heterocycles. The van der Waals surface area contributed by atoms with Gasteiger partial charge in [-0.25, -0.2) is 0 Å². The molecule has 0 aliphatic heterocycles. The molecular weight excluding hydrogens is 252 g/mol. The SMILES string of the molecule is COc1cccc2c1CCC[C@H]2CCBr. The molecule has 0 N–H and O–H groups in total. The predicted octanol–water partition coefficient (Wildman–Crippen LogP) is 3.90. The second-order valence-electron chi connectivity index (χ2n) is 4.09. The van der Waals surface area contributed by atoms with Gasteiger partial charge in [0, 0.05) is 5.33 Å². The van der Waals surface area contributed by atoms with Crippen LogP contribution in [-0.2, 0) is 6.42 Å². The van der Waals surface area contributed by atoms with Gasteiger partial charge in [0.05, 0.1) is 7.11 Å². The quantitative estimate of drug-likeness (QED) is 0.756. The molecule has 1 aromatic rings. The summed E-state index contributed by atoms with van der Waals surface area (Å²) < 4.78 is 5.43. The summed E-state index contributed by atoms with van der Waals surface area (Å²) >= 11 is 3.54. The van der Waals surface area contributed by atoms with Gasteiger partial charge in [0.2, 0.25) is 0 Å². The first-order valence-electron chi connectivity index (χ1n) is 5.58. The van der Waals surface area contributed by atoms with Gasteiger partial charge >= 0.3 is 0 Å². The van der Waals surface area contributed by atoms with Crippen LogP contribution in [0.15, 0.2) is 18.2 Å². The molecule has 0 saturated carbocycles. The van der Waals surface area contributed by atoms with E-state index in [1.54, 1.807) is 7.11 Å². The van der Waals surface area contributed by atoms with E-state index in [2.05, 4.69) is 34.1 Å². The minimum Gasteiger partial charge on any atom is -0.496 e. The minimum absolute atomic E-state index is 0.725. The van der Waals surface area contributed by atoms with Crippen molar-refractivity contribution in [2.45, 2.75) is 31.6 Å². The number of halogens is 1. The number of fused-ring (bicyclic) bond motifs is 1. The first kappa shape index (κ1) is 11.0. The molecule has 15 heavy (non-hydrogen) atoms. The number of hydrogen-bond acceptors (Lipinski definition) is 1. The lowest BCUT2D eigenvalue weighted by atomic mass is 9.81. The number of methoxy groups -OCH3 is 1. The topological polar surface area (TPSA) is 9.23 Å². The summed E-state index contributed by atoms with van der Waals surface area (Å²) in [5.41, 5.74) is 2.96. The van der Waals surface area contributed by atoms with Crippen LogP contribution in [0.3, 0.4) is 0 Å². The Hall–Kier alpha value is -0.500. The molecule has 1 nitrogen and oxygen atoms in total. The van der Waals surface area contributed by atoms with Crippen molar-refractivity contribution in [3.05, 3.63) is 29.3 Å². The second kappa shape index (κ2) is 5.02. The zero-order valence-corrected chi connectivity index (χ0v) is 10.7. The van der Waals surface area contributed by atoms with Crippen LogP contribution >= 0.6 is 15.9 Å². The van der Waals surface area contributed by atoms with Crippen LogP contribution in [0.5, 0.6) is 5.75 Å². The average Bonchev–Trinajstić information content (AvgIpc) is 2.29. The fraction of sp³-hybridized carbons (Fsp3) is 0.538. The molecule has 82 valence electrons. The Morgan fingerprint density at radius 1 is 1.47 bits per heavy atom. The monoisotopic (exact) mass is 268 g/mol. The van der Waals surface area contributed by atoms with Gasteiger partial charge in [0.15, 0.2) is 0 Å². The summed E-state index contributed by atoms with van der Waals surface area (Å²) in [5, 5.41) is 1.09.